The van der Waals surface area contributed by atoms with Crippen molar-refractivity contribution in [3.05, 3.63) is 48.6 Å². The van der Waals surface area contributed by atoms with Gasteiger partial charge in [0.2, 0.25) is 0 Å². The average molecular weight is 1070 g/mol. The van der Waals surface area contributed by atoms with Crippen molar-refractivity contribution in [1.29, 1.82) is 0 Å². The molecule has 0 aliphatic heterocycles. The van der Waals surface area contributed by atoms with E-state index in [2.05, 4.69) is 69.4 Å². The van der Waals surface area contributed by atoms with Gasteiger partial charge in [-0.3, -0.25) is 14.4 Å². The second-order valence-corrected chi connectivity index (χ2v) is 22.7. The molecule has 444 valence electrons. The number of ether oxygens (including phenoxy) is 3. The summed E-state index contributed by atoms with van der Waals surface area (Å²) in [6, 6.07) is 0. The van der Waals surface area contributed by atoms with Gasteiger partial charge in [0.25, 0.3) is 0 Å². The Bertz CT molecular complexity index is 1310. The number of unbranched alkanes of at least 4 members (excludes halogenated alkanes) is 43. The zero-order valence-electron chi connectivity index (χ0n) is 51.0. The van der Waals surface area contributed by atoms with Gasteiger partial charge in [-0.25, -0.2) is 0 Å². The average Bonchev–Trinajstić information content (AvgIpc) is 3.42. The summed E-state index contributed by atoms with van der Waals surface area (Å²) in [6.45, 7) is 6.55. The number of hydrogen-bond acceptors (Lipinski definition) is 6. The van der Waals surface area contributed by atoms with Crippen LogP contribution in [0, 0.1) is 0 Å². The molecular formula is C70H128O6. The number of carbonyl (C=O) groups excluding carboxylic acids is 3. The van der Waals surface area contributed by atoms with Crippen LogP contribution in [0.4, 0.5) is 0 Å². The zero-order chi connectivity index (χ0) is 55.0. The van der Waals surface area contributed by atoms with E-state index in [9.17, 15) is 14.4 Å². The van der Waals surface area contributed by atoms with Crippen LogP contribution in [0.3, 0.4) is 0 Å². The van der Waals surface area contributed by atoms with Crippen LogP contribution in [0.5, 0.6) is 0 Å². The van der Waals surface area contributed by atoms with Gasteiger partial charge in [-0.1, -0.05) is 313 Å². The lowest BCUT2D eigenvalue weighted by molar-refractivity contribution is -0.167. The van der Waals surface area contributed by atoms with Crippen LogP contribution < -0.4 is 0 Å². The number of carbonyl (C=O) groups is 3. The molecule has 0 bridgehead atoms. The molecule has 1 unspecified atom stereocenters. The molecule has 0 spiro atoms. The fourth-order valence-electron chi connectivity index (χ4n) is 10.0. The summed E-state index contributed by atoms with van der Waals surface area (Å²) in [5, 5.41) is 0. The molecule has 0 radical (unpaired) electrons. The van der Waals surface area contributed by atoms with Crippen LogP contribution in [0.2, 0.25) is 0 Å². The normalized spacial score (nSPS) is 12.3. The van der Waals surface area contributed by atoms with Crippen molar-refractivity contribution in [3.8, 4) is 0 Å². The minimum atomic E-state index is -0.781. The van der Waals surface area contributed by atoms with Crippen molar-refractivity contribution < 1.29 is 28.6 Å². The molecule has 0 aromatic carbocycles. The first-order chi connectivity index (χ1) is 37.5. The highest BCUT2D eigenvalue weighted by Gasteiger charge is 2.19. The van der Waals surface area contributed by atoms with E-state index in [1.807, 2.05) is 0 Å². The van der Waals surface area contributed by atoms with E-state index in [4.69, 9.17) is 14.2 Å². The van der Waals surface area contributed by atoms with Crippen LogP contribution >= 0.6 is 0 Å². The molecule has 0 saturated carbocycles. The van der Waals surface area contributed by atoms with Crippen LogP contribution in [0.25, 0.3) is 0 Å². The van der Waals surface area contributed by atoms with Gasteiger partial charge in [-0.2, -0.15) is 0 Å². The van der Waals surface area contributed by atoms with Gasteiger partial charge >= 0.3 is 17.9 Å². The molecule has 0 aliphatic carbocycles. The monoisotopic (exact) mass is 1060 g/mol. The smallest absolute Gasteiger partial charge is 0.306 e. The van der Waals surface area contributed by atoms with Gasteiger partial charge in [-0.05, 0) is 77.0 Å². The highest BCUT2D eigenvalue weighted by molar-refractivity contribution is 5.71. The van der Waals surface area contributed by atoms with E-state index in [1.165, 1.54) is 231 Å². The van der Waals surface area contributed by atoms with E-state index in [0.29, 0.717) is 19.3 Å². The highest BCUT2D eigenvalue weighted by Crippen LogP contribution is 2.18. The summed E-state index contributed by atoms with van der Waals surface area (Å²) in [7, 11) is 0. The maximum atomic E-state index is 12.9. The van der Waals surface area contributed by atoms with Gasteiger partial charge in [0.1, 0.15) is 13.2 Å². The molecule has 0 rings (SSSR count). The van der Waals surface area contributed by atoms with E-state index >= 15 is 0 Å². The van der Waals surface area contributed by atoms with Crippen molar-refractivity contribution in [2.24, 2.45) is 0 Å². The van der Waals surface area contributed by atoms with E-state index in [-0.39, 0.29) is 31.1 Å². The van der Waals surface area contributed by atoms with Crippen molar-refractivity contribution >= 4 is 17.9 Å². The van der Waals surface area contributed by atoms with Crippen molar-refractivity contribution in [2.75, 3.05) is 13.2 Å². The molecule has 0 saturated heterocycles. The zero-order valence-corrected chi connectivity index (χ0v) is 51.0. The Labute approximate surface area is 473 Å². The molecule has 6 nitrogen and oxygen atoms in total. The van der Waals surface area contributed by atoms with Crippen LogP contribution in [0.1, 0.15) is 361 Å². The van der Waals surface area contributed by atoms with Crippen LogP contribution in [-0.4, -0.2) is 37.2 Å². The van der Waals surface area contributed by atoms with Crippen LogP contribution in [-0.2, 0) is 28.6 Å². The fraction of sp³-hybridized carbons (Fsp3) is 0.843. The number of rotatable bonds is 62. The summed E-state index contributed by atoms with van der Waals surface area (Å²) in [4.78, 5) is 38.3. The van der Waals surface area contributed by atoms with Gasteiger partial charge in [0, 0.05) is 19.3 Å². The lowest BCUT2D eigenvalue weighted by Crippen LogP contribution is -2.30. The molecule has 0 aromatic rings. The van der Waals surface area contributed by atoms with E-state index < -0.39 is 6.10 Å². The molecule has 1 atom stereocenters. The minimum absolute atomic E-state index is 0.0764. The van der Waals surface area contributed by atoms with E-state index in [1.54, 1.807) is 0 Å². The molecule has 0 aromatic heterocycles. The third-order valence-electron chi connectivity index (χ3n) is 15.1. The second-order valence-electron chi connectivity index (χ2n) is 22.7. The van der Waals surface area contributed by atoms with Crippen LogP contribution in [0.15, 0.2) is 48.6 Å². The standard InChI is InChI=1S/C70H128O6/c1-4-7-10-13-16-19-22-25-27-29-30-31-32-33-34-35-36-37-38-39-40-42-43-45-48-51-54-57-60-63-69(72)75-66-67(65-74-68(71)62-59-56-53-50-47-24-21-18-15-12-9-6-3)76-70(73)64-61-58-55-52-49-46-44-41-28-26-23-20-17-14-11-8-5-2/h8,11,17-18,20-21,26,28,67H,4-7,9-10,12-16,19,22-25,27,29-66H2,1-3H3/b11-8-,20-17-,21-18-,28-26-. The van der Waals surface area contributed by atoms with Crippen molar-refractivity contribution in [2.45, 2.75) is 367 Å². The molecule has 0 amide bonds. The first-order valence-electron chi connectivity index (χ1n) is 33.6. The Morgan fingerprint density at radius 3 is 0.842 bits per heavy atom. The lowest BCUT2D eigenvalue weighted by Gasteiger charge is -2.18. The third-order valence-corrected chi connectivity index (χ3v) is 15.1. The molecule has 76 heavy (non-hydrogen) atoms. The predicted octanol–water partition coefficient (Wildman–Crippen LogP) is 22.9. The van der Waals surface area contributed by atoms with Crippen molar-refractivity contribution in [1.82, 2.24) is 0 Å². The SMILES string of the molecule is CC/C=C\C/C=C\C/C=C\CCCCCCCCCC(=O)OC(COC(=O)CCCCCCC/C=C\CCCCC)COC(=O)CCCCCCCCCCCCCCCCCCCCCCCCCCCCCCC. The molecule has 6 heteroatoms. The predicted molar refractivity (Wildman–Crippen MR) is 330 cm³/mol. The minimum Gasteiger partial charge on any atom is -0.462 e. The molecule has 0 heterocycles. The Kier molecular flexibility index (Phi) is 62.6. The van der Waals surface area contributed by atoms with Gasteiger partial charge in [0.15, 0.2) is 6.10 Å². The highest BCUT2D eigenvalue weighted by atomic mass is 16.6. The Morgan fingerprint density at radius 1 is 0.276 bits per heavy atom. The fourth-order valence-corrected chi connectivity index (χ4v) is 10.0. The summed E-state index contributed by atoms with van der Waals surface area (Å²) in [5.74, 6) is -0.876. The number of allylic oxidation sites excluding steroid dienone is 8. The molecule has 0 aliphatic rings. The van der Waals surface area contributed by atoms with Gasteiger partial charge in [0.05, 0.1) is 0 Å². The topological polar surface area (TPSA) is 78.9 Å². The quantitative estimate of drug-likeness (QED) is 0.0261. The third kappa shape index (κ3) is 62.2. The number of esters is 3. The summed E-state index contributed by atoms with van der Waals surface area (Å²) >= 11 is 0. The Morgan fingerprint density at radius 2 is 0.513 bits per heavy atom. The Balaban J connectivity index is 4.15. The first-order valence-corrected chi connectivity index (χ1v) is 33.6. The largest absolute Gasteiger partial charge is 0.462 e. The molecule has 0 N–H and O–H groups in total. The molecule has 0 fully saturated rings. The van der Waals surface area contributed by atoms with E-state index in [0.717, 1.165) is 89.9 Å². The summed E-state index contributed by atoms with van der Waals surface area (Å²) in [5.41, 5.74) is 0. The summed E-state index contributed by atoms with van der Waals surface area (Å²) in [6.07, 6.45) is 81.5. The second kappa shape index (κ2) is 64.9. The van der Waals surface area contributed by atoms with Gasteiger partial charge < -0.3 is 14.2 Å². The summed E-state index contributed by atoms with van der Waals surface area (Å²) < 4.78 is 16.9. The maximum absolute atomic E-state index is 12.9. The van der Waals surface area contributed by atoms with Crippen molar-refractivity contribution in [3.63, 3.8) is 0 Å². The number of hydrogen-bond donors (Lipinski definition) is 0. The maximum Gasteiger partial charge on any atom is 0.306 e. The van der Waals surface area contributed by atoms with Gasteiger partial charge in [-0.15, -0.1) is 0 Å². The first kappa shape index (κ1) is 73.4. The lowest BCUT2D eigenvalue weighted by atomic mass is 10.0. The molecular weight excluding hydrogens is 937 g/mol. The Hall–Kier alpha value is -2.63.